The zero-order valence-corrected chi connectivity index (χ0v) is 17.9. The van der Waals surface area contributed by atoms with E-state index in [0.29, 0.717) is 35.2 Å². The lowest BCUT2D eigenvalue weighted by atomic mass is 10.0. The van der Waals surface area contributed by atoms with Crippen LogP contribution < -0.4 is 16.4 Å². The Morgan fingerprint density at radius 1 is 1.26 bits per heavy atom. The summed E-state index contributed by atoms with van der Waals surface area (Å²) in [5.74, 6) is 0.298. The summed E-state index contributed by atoms with van der Waals surface area (Å²) in [4.78, 5) is 23.0. The summed E-state index contributed by atoms with van der Waals surface area (Å²) in [6.07, 6.45) is 3.56. The Hall–Kier alpha value is -3.07. The number of nitrogens with zero attached hydrogens (tertiary/aromatic N) is 4. The number of piperidine rings is 1. The van der Waals surface area contributed by atoms with Crippen molar-refractivity contribution < 1.29 is 4.79 Å². The van der Waals surface area contributed by atoms with Crippen LogP contribution in [0.5, 0.6) is 0 Å². The quantitative estimate of drug-likeness (QED) is 0.532. The van der Waals surface area contributed by atoms with Gasteiger partial charge in [-0.15, -0.1) is 0 Å². The number of aromatic nitrogens is 1. The Morgan fingerprint density at radius 3 is 2.48 bits per heavy atom. The number of thioether (sulfide) groups is 1. The van der Waals surface area contributed by atoms with Crippen LogP contribution in [0.15, 0.2) is 35.4 Å². The molecule has 1 aliphatic heterocycles. The third kappa shape index (κ3) is 4.36. The van der Waals surface area contributed by atoms with Crippen LogP contribution in [0.2, 0.25) is 0 Å². The summed E-state index contributed by atoms with van der Waals surface area (Å²) in [6, 6.07) is 11.7. The molecule has 2 heterocycles. The molecule has 0 radical (unpaired) electrons. The van der Waals surface area contributed by atoms with Gasteiger partial charge in [0, 0.05) is 19.1 Å². The Kier molecular flexibility index (Phi) is 6.13. The third-order valence-corrected chi connectivity index (χ3v) is 7.05. The number of nitrogens with two attached hydrogens (primary N) is 2. The minimum Gasteiger partial charge on any atom is -0.368 e. The number of pyridine rings is 1. The largest absolute Gasteiger partial charge is 0.368 e. The highest BCUT2D eigenvalue weighted by Gasteiger charge is 2.35. The van der Waals surface area contributed by atoms with Gasteiger partial charge < -0.3 is 16.4 Å². The van der Waals surface area contributed by atoms with E-state index in [1.165, 1.54) is 11.8 Å². The lowest BCUT2D eigenvalue weighted by Gasteiger charge is -2.33. The molecule has 4 N–H and O–H groups in total. The lowest BCUT2D eigenvalue weighted by Crippen LogP contribution is -2.40. The fraction of sp³-hybridized carbons (Fsp3) is 0.391. The van der Waals surface area contributed by atoms with Gasteiger partial charge in [0.2, 0.25) is 11.6 Å². The van der Waals surface area contributed by atoms with E-state index in [1.54, 1.807) is 0 Å². The zero-order valence-electron chi connectivity index (χ0n) is 17.1. The lowest BCUT2D eigenvalue weighted by molar-refractivity contribution is -0.117. The van der Waals surface area contributed by atoms with Gasteiger partial charge in [-0.25, -0.2) is 9.83 Å². The summed E-state index contributed by atoms with van der Waals surface area (Å²) < 4.78 is 0. The number of benzene rings is 1. The Balaban J connectivity index is 1.82. The Bertz CT molecular complexity index is 1060. The second-order valence-electron chi connectivity index (χ2n) is 8.01. The molecule has 1 saturated heterocycles. The van der Waals surface area contributed by atoms with Crippen molar-refractivity contribution >= 4 is 29.2 Å². The van der Waals surface area contributed by atoms with Crippen molar-refractivity contribution in [2.75, 3.05) is 18.0 Å². The minimum atomic E-state index is -0.672. The first kappa shape index (κ1) is 21.2. The van der Waals surface area contributed by atoms with Gasteiger partial charge in [-0.05, 0) is 42.7 Å². The maximum Gasteiger partial charge on any atom is 0.235 e. The monoisotopic (exact) mass is 432 g/mol. The molecule has 158 valence electrons. The molecule has 2 aromatic rings. The minimum absolute atomic E-state index is 0.153. The third-order valence-electron chi connectivity index (χ3n) is 5.80. The van der Waals surface area contributed by atoms with Gasteiger partial charge in [-0.3, -0.25) is 4.79 Å². The first-order valence-corrected chi connectivity index (χ1v) is 11.3. The highest BCUT2D eigenvalue weighted by Crippen LogP contribution is 2.51. The number of anilines is 1. The number of hydrogen-bond donors (Lipinski definition) is 2. The van der Waals surface area contributed by atoms with Crippen molar-refractivity contribution in [1.82, 2.24) is 4.98 Å². The topological polar surface area (TPSA) is 113 Å². The standard InChI is InChI=1S/C23H24N6OS/c1-27-19-18(14-7-8-14)17(13-24)23(28-22(19)29-11-9-16(25)10-12-29)31-20(21(26)30)15-5-3-2-4-6-15/h2-6,14,16,20H,7-12,25H2,(H2,26,30). The molecule has 7 nitrogen and oxygen atoms in total. The molecule has 8 heteroatoms. The number of hydrogen-bond acceptors (Lipinski definition) is 6. The molecule has 2 fully saturated rings. The molecular weight excluding hydrogens is 408 g/mol. The molecule has 0 spiro atoms. The normalized spacial score (nSPS) is 17.6. The van der Waals surface area contributed by atoms with E-state index in [1.807, 2.05) is 30.3 Å². The molecule has 2 aliphatic rings. The van der Waals surface area contributed by atoms with Crippen LogP contribution in [-0.4, -0.2) is 30.0 Å². The second kappa shape index (κ2) is 8.97. The number of carbonyl (C=O) groups excluding carboxylic acids is 1. The Labute approximate surface area is 186 Å². The fourth-order valence-electron chi connectivity index (χ4n) is 3.99. The summed E-state index contributed by atoms with van der Waals surface area (Å²) in [7, 11) is 0. The van der Waals surface area contributed by atoms with E-state index < -0.39 is 11.2 Å². The number of rotatable bonds is 6. The van der Waals surface area contributed by atoms with E-state index >= 15 is 0 Å². The SMILES string of the molecule is [C-]#[N+]c1c(N2CCC(N)CC2)nc(SC(C(N)=O)c2ccccc2)c(C#N)c1C1CC1. The van der Waals surface area contributed by atoms with Crippen molar-refractivity contribution in [2.24, 2.45) is 11.5 Å². The van der Waals surface area contributed by atoms with E-state index in [-0.39, 0.29) is 12.0 Å². The predicted molar refractivity (Wildman–Crippen MR) is 121 cm³/mol. The number of amides is 1. The van der Waals surface area contributed by atoms with Crippen molar-refractivity contribution in [3.8, 4) is 6.07 Å². The number of primary amides is 1. The number of carbonyl (C=O) groups is 1. The molecule has 1 aromatic carbocycles. The van der Waals surface area contributed by atoms with Gasteiger partial charge in [0.1, 0.15) is 22.2 Å². The van der Waals surface area contributed by atoms with E-state index in [2.05, 4.69) is 15.8 Å². The average Bonchev–Trinajstić information content (AvgIpc) is 3.62. The van der Waals surface area contributed by atoms with Gasteiger partial charge >= 0.3 is 0 Å². The summed E-state index contributed by atoms with van der Waals surface area (Å²) in [5, 5.41) is 9.80. The molecule has 31 heavy (non-hydrogen) atoms. The maximum absolute atomic E-state index is 12.3. The van der Waals surface area contributed by atoms with Gasteiger partial charge in [-0.2, -0.15) is 5.26 Å². The summed E-state index contributed by atoms with van der Waals surface area (Å²) in [5.41, 5.74) is 14.2. The summed E-state index contributed by atoms with van der Waals surface area (Å²) >= 11 is 1.20. The number of nitriles is 1. The average molecular weight is 433 g/mol. The molecule has 1 aromatic heterocycles. The molecule has 1 saturated carbocycles. The van der Waals surface area contributed by atoms with Gasteiger partial charge in [0.15, 0.2) is 0 Å². The first-order valence-electron chi connectivity index (χ1n) is 10.4. The smallest absolute Gasteiger partial charge is 0.235 e. The van der Waals surface area contributed by atoms with Crippen molar-refractivity contribution in [3.63, 3.8) is 0 Å². The van der Waals surface area contributed by atoms with E-state index in [4.69, 9.17) is 23.0 Å². The van der Waals surface area contributed by atoms with Crippen molar-refractivity contribution in [2.45, 2.75) is 47.9 Å². The molecule has 1 aliphatic carbocycles. The highest BCUT2D eigenvalue weighted by atomic mass is 32.2. The van der Waals surface area contributed by atoms with Crippen LogP contribution in [0.4, 0.5) is 11.5 Å². The van der Waals surface area contributed by atoms with Crippen molar-refractivity contribution in [1.29, 1.82) is 5.26 Å². The molecule has 0 bridgehead atoms. The first-order chi connectivity index (χ1) is 15.0. The predicted octanol–water partition coefficient (Wildman–Crippen LogP) is 3.63. The van der Waals surface area contributed by atoms with Gasteiger partial charge in [-0.1, -0.05) is 42.1 Å². The molecule has 1 amide bonds. The molecule has 1 atom stereocenters. The fourth-order valence-corrected chi connectivity index (χ4v) is 5.04. The zero-order chi connectivity index (χ0) is 22.0. The van der Waals surface area contributed by atoms with Crippen LogP contribution in [0, 0.1) is 17.9 Å². The second-order valence-corrected chi connectivity index (χ2v) is 9.10. The van der Waals surface area contributed by atoms with Crippen LogP contribution >= 0.6 is 11.8 Å². The van der Waals surface area contributed by atoms with E-state index in [9.17, 15) is 10.1 Å². The van der Waals surface area contributed by atoms with Crippen LogP contribution in [0.1, 0.15) is 53.5 Å². The van der Waals surface area contributed by atoms with Crippen LogP contribution in [0.3, 0.4) is 0 Å². The van der Waals surface area contributed by atoms with Crippen molar-refractivity contribution in [3.05, 3.63) is 58.4 Å². The van der Waals surface area contributed by atoms with Gasteiger partial charge in [0.05, 0.1) is 12.1 Å². The van der Waals surface area contributed by atoms with Crippen LogP contribution in [-0.2, 0) is 4.79 Å². The highest BCUT2D eigenvalue weighted by molar-refractivity contribution is 8.00. The summed E-state index contributed by atoms with van der Waals surface area (Å²) in [6.45, 7) is 9.27. The molecular formula is C23H24N6OS. The van der Waals surface area contributed by atoms with E-state index in [0.717, 1.165) is 36.8 Å². The van der Waals surface area contributed by atoms with Gasteiger partial charge in [0.25, 0.3) is 0 Å². The van der Waals surface area contributed by atoms with Crippen LogP contribution in [0.25, 0.3) is 4.85 Å². The Morgan fingerprint density at radius 2 is 1.94 bits per heavy atom. The maximum atomic E-state index is 12.3. The molecule has 1 unspecified atom stereocenters. The molecule has 4 rings (SSSR count).